The number of halogens is 1. The van der Waals surface area contributed by atoms with E-state index in [2.05, 4.69) is 24.0 Å². The van der Waals surface area contributed by atoms with Crippen molar-refractivity contribution >= 4 is 17.5 Å². The van der Waals surface area contributed by atoms with Gasteiger partial charge in [0.1, 0.15) is 0 Å². The van der Waals surface area contributed by atoms with Gasteiger partial charge in [-0.1, -0.05) is 48.9 Å². The molecule has 0 saturated heterocycles. The molecule has 4 heteroatoms. The highest BCUT2D eigenvalue weighted by Gasteiger charge is 2.16. The molecule has 1 heterocycles. The highest BCUT2D eigenvalue weighted by Crippen LogP contribution is 2.17. The minimum absolute atomic E-state index is 0.0669. The van der Waals surface area contributed by atoms with Crippen LogP contribution < -0.4 is 0 Å². The molecular weight excluding hydrogens is 272 g/mol. The average molecular weight is 289 g/mol. The molecule has 1 aromatic heterocycles. The molecule has 3 nitrogen and oxygen atoms in total. The second-order valence-electron chi connectivity index (χ2n) is 4.89. The van der Waals surface area contributed by atoms with E-state index >= 15 is 0 Å². The summed E-state index contributed by atoms with van der Waals surface area (Å²) >= 11 is 5.86. The van der Waals surface area contributed by atoms with Crippen LogP contribution >= 0.6 is 11.6 Å². The van der Waals surface area contributed by atoms with Gasteiger partial charge in [-0.05, 0) is 17.5 Å². The number of pyridine rings is 1. The summed E-state index contributed by atoms with van der Waals surface area (Å²) in [6.07, 6.45) is 3.06. The highest BCUT2D eigenvalue weighted by molar-refractivity contribution is 6.30. The van der Waals surface area contributed by atoms with E-state index in [1.165, 1.54) is 18.0 Å². The number of carbonyl (C=O) groups is 1. The molecule has 1 atom stereocenters. The molecule has 0 N–H and O–H groups in total. The Balaban J connectivity index is 2.05. The summed E-state index contributed by atoms with van der Waals surface area (Å²) in [6.45, 7) is 2.75. The third kappa shape index (κ3) is 3.58. The third-order valence-corrected chi connectivity index (χ3v) is 3.42. The average Bonchev–Trinajstić information content (AvgIpc) is 2.47. The minimum atomic E-state index is -0.0669. The van der Waals surface area contributed by atoms with E-state index < -0.39 is 0 Å². The molecule has 2 rings (SSSR count). The number of benzene rings is 1. The van der Waals surface area contributed by atoms with Gasteiger partial charge in [-0.3, -0.25) is 9.78 Å². The molecule has 0 aliphatic rings. The summed E-state index contributed by atoms with van der Waals surface area (Å²) < 4.78 is 0. The van der Waals surface area contributed by atoms with Crippen molar-refractivity contribution in [2.45, 2.75) is 12.8 Å². The van der Waals surface area contributed by atoms with Crippen molar-refractivity contribution in [3.05, 3.63) is 64.9 Å². The van der Waals surface area contributed by atoms with Crippen molar-refractivity contribution in [1.82, 2.24) is 9.88 Å². The summed E-state index contributed by atoms with van der Waals surface area (Å²) in [5, 5.41) is 0.473. The smallest absolute Gasteiger partial charge is 0.255 e. The lowest BCUT2D eigenvalue weighted by molar-refractivity contribution is 0.0788. The second-order valence-corrected chi connectivity index (χ2v) is 5.33. The van der Waals surface area contributed by atoms with Gasteiger partial charge in [0.05, 0.1) is 10.6 Å². The monoisotopic (exact) mass is 288 g/mol. The Kier molecular flexibility index (Phi) is 4.74. The van der Waals surface area contributed by atoms with Crippen LogP contribution in [0.1, 0.15) is 28.8 Å². The highest BCUT2D eigenvalue weighted by atomic mass is 35.5. The van der Waals surface area contributed by atoms with Crippen LogP contribution in [0.5, 0.6) is 0 Å². The lowest BCUT2D eigenvalue weighted by Gasteiger charge is -2.22. The van der Waals surface area contributed by atoms with Gasteiger partial charge in [-0.15, -0.1) is 0 Å². The Morgan fingerprint density at radius 1 is 1.30 bits per heavy atom. The number of rotatable bonds is 4. The maximum atomic E-state index is 12.3. The first-order chi connectivity index (χ1) is 9.58. The van der Waals surface area contributed by atoms with Crippen LogP contribution in [0.25, 0.3) is 0 Å². The van der Waals surface area contributed by atoms with Gasteiger partial charge in [-0.25, -0.2) is 0 Å². The Bertz CT molecular complexity index is 586. The van der Waals surface area contributed by atoms with E-state index in [4.69, 9.17) is 11.6 Å². The summed E-state index contributed by atoms with van der Waals surface area (Å²) in [7, 11) is 1.79. The van der Waals surface area contributed by atoms with Gasteiger partial charge in [0.15, 0.2) is 0 Å². The van der Waals surface area contributed by atoms with Gasteiger partial charge in [0.2, 0.25) is 0 Å². The molecule has 0 aliphatic heterocycles. The molecule has 1 amide bonds. The van der Waals surface area contributed by atoms with Crippen LogP contribution in [0, 0.1) is 0 Å². The fourth-order valence-electron chi connectivity index (χ4n) is 2.13. The lowest BCUT2D eigenvalue weighted by Crippen LogP contribution is -2.30. The Labute approximate surface area is 124 Å². The largest absolute Gasteiger partial charge is 0.341 e. The summed E-state index contributed by atoms with van der Waals surface area (Å²) in [4.78, 5) is 17.9. The van der Waals surface area contributed by atoms with Crippen LogP contribution in [0.4, 0.5) is 0 Å². The molecule has 20 heavy (non-hydrogen) atoms. The Morgan fingerprint density at radius 2 is 2.00 bits per heavy atom. The van der Waals surface area contributed by atoms with Crippen LogP contribution in [0.15, 0.2) is 48.8 Å². The zero-order chi connectivity index (χ0) is 14.5. The maximum absolute atomic E-state index is 12.3. The number of carbonyl (C=O) groups excluding carboxylic acids is 1. The Morgan fingerprint density at radius 3 is 2.65 bits per heavy atom. The minimum Gasteiger partial charge on any atom is -0.341 e. The summed E-state index contributed by atoms with van der Waals surface area (Å²) in [5.41, 5.74) is 1.73. The zero-order valence-corrected chi connectivity index (χ0v) is 12.3. The topological polar surface area (TPSA) is 33.2 Å². The first-order valence-electron chi connectivity index (χ1n) is 6.49. The number of aromatic nitrogens is 1. The van der Waals surface area contributed by atoms with Gasteiger partial charge in [0, 0.05) is 26.0 Å². The molecule has 0 fully saturated rings. The predicted molar refractivity (Wildman–Crippen MR) is 81.1 cm³/mol. The van der Waals surface area contributed by atoms with Crippen molar-refractivity contribution in [3.63, 3.8) is 0 Å². The van der Waals surface area contributed by atoms with Gasteiger partial charge >= 0.3 is 0 Å². The summed E-state index contributed by atoms with van der Waals surface area (Å²) in [6, 6.07) is 11.8. The summed E-state index contributed by atoms with van der Waals surface area (Å²) in [5.74, 6) is 0.208. The number of hydrogen-bond donors (Lipinski definition) is 0. The fourth-order valence-corrected chi connectivity index (χ4v) is 2.30. The lowest BCUT2D eigenvalue weighted by atomic mass is 10.0. The van der Waals surface area contributed by atoms with E-state index in [-0.39, 0.29) is 11.8 Å². The third-order valence-electron chi connectivity index (χ3n) is 3.21. The SMILES string of the molecule is CC(CN(C)C(=O)c1cncc(Cl)c1)c1ccccc1. The van der Waals surface area contributed by atoms with E-state index in [1.54, 1.807) is 18.0 Å². The molecule has 0 spiro atoms. The number of likely N-dealkylation sites (N-methyl/N-ethyl adjacent to an activating group) is 1. The van der Waals surface area contributed by atoms with E-state index in [9.17, 15) is 4.79 Å². The molecule has 0 bridgehead atoms. The first-order valence-corrected chi connectivity index (χ1v) is 6.86. The molecule has 104 valence electrons. The second kappa shape index (κ2) is 6.53. The number of nitrogens with zero attached hydrogens (tertiary/aromatic N) is 2. The van der Waals surface area contributed by atoms with Crippen molar-refractivity contribution in [1.29, 1.82) is 0 Å². The molecule has 1 aromatic carbocycles. The Hall–Kier alpha value is -1.87. The molecule has 0 aliphatic carbocycles. The fraction of sp³-hybridized carbons (Fsp3) is 0.250. The van der Waals surface area contributed by atoms with Gasteiger partial charge in [-0.2, -0.15) is 0 Å². The van der Waals surface area contributed by atoms with Gasteiger partial charge < -0.3 is 4.90 Å². The van der Waals surface area contributed by atoms with Crippen LogP contribution in [-0.2, 0) is 0 Å². The normalized spacial score (nSPS) is 11.9. The predicted octanol–water partition coefficient (Wildman–Crippen LogP) is 3.61. The first kappa shape index (κ1) is 14.5. The van der Waals surface area contributed by atoms with Crippen molar-refractivity contribution < 1.29 is 4.79 Å². The van der Waals surface area contributed by atoms with Crippen molar-refractivity contribution in [3.8, 4) is 0 Å². The maximum Gasteiger partial charge on any atom is 0.255 e. The van der Waals surface area contributed by atoms with Crippen LogP contribution in [0.2, 0.25) is 5.02 Å². The van der Waals surface area contributed by atoms with E-state index in [0.29, 0.717) is 17.1 Å². The number of hydrogen-bond acceptors (Lipinski definition) is 2. The van der Waals surface area contributed by atoms with E-state index in [0.717, 1.165) is 0 Å². The zero-order valence-electron chi connectivity index (χ0n) is 11.6. The number of amides is 1. The van der Waals surface area contributed by atoms with Crippen molar-refractivity contribution in [2.24, 2.45) is 0 Å². The molecule has 0 saturated carbocycles. The van der Waals surface area contributed by atoms with Gasteiger partial charge in [0.25, 0.3) is 5.91 Å². The molecular formula is C16H17ClN2O. The van der Waals surface area contributed by atoms with Crippen LogP contribution in [-0.4, -0.2) is 29.4 Å². The van der Waals surface area contributed by atoms with Crippen molar-refractivity contribution in [2.75, 3.05) is 13.6 Å². The van der Waals surface area contributed by atoms with E-state index in [1.807, 2.05) is 18.2 Å². The molecule has 1 unspecified atom stereocenters. The standard InChI is InChI=1S/C16H17ClN2O/c1-12(13-6-4-3-5-7-13)11-19(2)16(20)14-8-15(17)10-18-9-14/h3-10,12H,11H2,1-2H3. The quantitative estimate of drug-likeness (QED) is 0.861. The molecule has 2 aromatic rings. The van der Waals surface area contributed by atoms with Crippen LogP contribution in [0.3, 0.4) is 0 Å². The molecule has 0 radical (unpaired) electrons.